The van der Waals surface area contributed by atoms with Crippen molar-refractivity contribution in [2.24, 2.45) is 0 Å². The molecule has 2 fully saturated rings. The van der Waals surface area contributed by atoms with Gasteiger partial charge in [-0.2, -0.15) is 0 Å². The number of hydrogen-bond acceptors (Lipinski definition) is 3. The number of halogens is 1. The molecule has 0 saturated carbocycles. The van der Waals surface area contributed by atoms with Crippen LogP contribution in [0.5, 0.6) is 0 Å². The summed E-state index contributed by atoms with van der Waals surface area (Å²) in [6.45, 7) is 6.30. The van der Waals surface area contributed by atoms with Gasteiger partial charge in [0.2, 0.25) is 0 Å². The molecular formula is C19H27FN2O2. The first kappa shape index (κ1) is 17.4. The Morgan fingerprint density at radius 3 is 2.75 bits per heavy atom. The second-order valence-corrected chi connectivity index (χ2v) is 7.05. The maximum atomic E-state index is 13.8. The van der Waals surface area contributed by atoms with Crippen molar-refractivity contribution in [1.29, 1.82) is 0 Å². The Bertz CT molecular complexity index is 572. The molecule has 0 unspecified atom stereocenters. The molecule has 1 amide bonds. The van der Waals surface area contributed by atoms with Crippen LogP contribution in [-0.2, 0) is 16.1 Å². The van der Waals surface area contributed by atoms with Crippen molar-refractivity contribution in [2.75, 3.05) is 32.8 Å². The topological polar surface area (TPSA) is 32.8 Å². The van der Waals surface area contributed by atoms with Crippen molar-refractivity contribution in [1.82, 2.24) is 9.80 Å². The van der Waals surface area contributed by atoms with E-state index in [1.54, 1.807) is 6.07 Å². The third-order valence-electron chi connectivity index (χ3n) is 5.15. The van der Waals surface area contributed by atoms with Crippen molar-refractivity contribution >= 4 is 5.91 Å². The van der Waals surface area contributed by atoms with Gasteiger partial charge in [0.1, 0.15) is 11.4 Å². The second-order valence-electron chi connectivity index (χ2n) is 7.05. The number of carbonyl (C=O) groups is 1. The van der Waals surface area contributed by atoms with Crippen LogP contribution >= 0.6 is 0 Å². The fourth-order valence-electron chi connectivity index (χ4n) is 3.64. The number of carbonyl (C=O) groups excluding carboxylic acids is 1. The van der Waals surface area contributed by atoms with Gasteiger partial charge in [-0.15, -0.1) is 0 Å². The average Bonchev–Trinajstić information content (AvgIpc) is 2.82. The lowest BCUT2D eigenvalue weighted by molar-refractivity contribution is -0.161. The molecule has 0 aliphatic carbocycles. The van der Waals surface area contributed by atoms with Crippen LogP contribution < -0.4 is 0 Å². The first-order chi connectivity index (χ1) is 11.6. The van der Waals surface area contributed by atoms with E-state index in [1.165, 1.54) is 6.07 Å². The van der Waals surface area contributed by atoms with Crippen LogP contribution in [0, 0.1) is 5.82 Å². The van der Waals surface area contributed by atoms with E-state index < -0.39 is 5.60 Å². The minimum atomic E-state index is -0.654. The van der Waals surface area contributed by atoms with Crippen LogP contribution in [0.15, 0.2) is 24.3 Å². The molecule has 2 aliphatic rings. The molecular weight excluding hydrogens is 307 g/mol. The Morgan fingerprint density at radius 2 is 2.00 bits per heavy atom. The summed E-state index contributed by atoms with van der Waals surface area (Å²) >= 11 is 0. The van der Waals surface area contributed by atoms with E-state index in [-0.39, 0.29) is 11.7 Å². The molecule has 0 aromatic heterocycles. The molecule has 2 saturated heterocycles. The Kier molecular flexibility index (Phi) is 5.51. The fourth-order valence-corrected chi connectivity index (χ4v) is 3.64. The normalized spacial score (nSPS) is 26.2. The van der Waals surface area contributed by atoms with Crippen LogP contribution in [0.4, 0.5) is 4.39 Å². The summed E-state index contributed by atoms with van der Waals surface area (Å²) in [4.78, 5) is 17.0. The maximum Gasteiger partial charge on any atom is 0.254 e. The van der Waals surface area contributed by atoms with Gasteiger partial charge in [0.25, 0.3) is 5.91 Å². The Hall–Kier alpha value is -1.46. The minimum absolute atomic E-state index is 0.120. The third kappa shape index (κ3) is 3.95. The lowest BCUT2D eigenvalue weighted by atomic mass is 9.94. The van der Waals surface area contributed by atoms with E-state index in [0.29, 0.717) is 19.7 Å². The molecule has 0 spiro atoms. The van der Waals surface area contributed by atoms with E-state index in [0.717, 1.165) is 50.9 Å². The van der Waals surface area contributed by atoms with Gasteiger partial charge >= 0.3 is 0 Å². The highest BCUT2D eigenvalue weighted by Crippen LogP contribution is 2.27. The van der Waals surface area contributed by atoms with Gasteiger partial charge < -0.3 is 9.64 Å². The summed E-state index contributed by atoms with van der Waals surface area (Å²) in [6.07, 6.45) is 3.81. The van der Waals surface area contributed by atoms with E-state index >= 15 is 0 Å². The zero-order valence-electron chi connectivity index (χ0n) is 14.5. The van der Waals surface area contributed by atoms with E-state index in [9.17, 15) is 9.18 Å². The average molecular weight is 334 g/mol. The molecule has 2 aliphatic heterocycles. The molecule has 3 rings (SSSR count). The summed E-state index contributed by atoms with van der Waals surface area (Å²) < 4.78 is 19.6. The standard InChI is InChI=1S/C19H27FN2O2/c1-19(9-4-5-14-24-19)18(23)22-11-6-10-21(12-13-22)15-16-7-2-3-8-17(16)20/h2-3,7-8H,4-6,9-15H2,1H3/t19-/m1/s1. The first-order valence-corrected chi connectivity index (χ1v) is 8.98. The maximum absolute atomic E-state index is 13.8. The number of benzene rings is 1. The van der Waals surface area contributed by atoms with Crippen molar-refractivity contribution < 1.29 is 13.9 Å². The number of hydrogen-bond donors (Lipinski definition) is 0. The molecule has 0 N–H and O–H groups in total. The molecule has 0 radical (unpaired) electrons. The van der Waals surface area contributed by atoms with Crippen LogP contribution in [0.2, 0.25) is 0 Å². The van der Waals surface area contributed by atoms with E-state index in [4.69, 9.17) is 4.74 Å². The van der Waals surface area contributed by atoms with Gasteiger partial charge in [0.05, 0.1) is 0 Å². The lowest BCUT2D eigenvalue weighted by Crippen LogP contribution is -2.51. The van der Waals surface area contributed by atoms with Crippen LogP contribution in [0.1, 0.15) is 38.2 Å². The summed E-state index contributed by atoms with van der Waals surface area (Å²) in [7, 11) is 0. The number of ether oxygens (including phenoxy) is 1. The predicted octanol–water partition coefficient (Wildman–Crippen LogP) is 2.82. The summed E-state index contributed by atoms with van der Waals surface area (Å²) in [5, 5.41) is 0. The molecule has 24 heavy (non-hydrogen) atoms. The smallest absolute Gasteiger partial charge is 0.254 e. The highest BCUT2D eigenvalue weighted by Gasteiger charge is 2.39. The Morgan fingerprint density at radius 1 is 1.17 bits per heavy atom. The summed E-state index contributed by atoms with van der Waals surface area (Å²) in [5.41, 5.74) is 0.0683. The fraction of sp³-hybridized carbons (Fsp3) is 0.632. The van der Waals surface area contributed by atoms with Gasteiger partial charge in [0.15, 0.2) is 0 Å². The van der Waals surface area contributed by atoms with Crippen molar-refractivity contribution in [3.8, 4) is 0 Å². The van der Waals surface area contributed by atoms with Gasteiger partial charge in [-0.25, -0.2) is 4.39 Å². The molecule has 4 nitrogen and oxygen atoms in total. The van der Waals surface area contributed by atoms with Crippen LogP contribution in [0.25, 0.3) is 0 Å². The SMILES string of the molecule is C[C@]1(C(=O)N2CCCN(Cc3ccccc3F)CC2)CCCCO1. The number of rotatable bonds is 3. The van der Waals surface area contributed by atoms with Crippen LogP contribution in [-0.4, -0.2) is 54.1 Å². The zero-order chi connectivity index (χ0) is 17.0. The molecule has 5 heteroatoms. The lowest BCUT2D eigenvalue weighted by Gasteiger charge is -2.36. The highest BCUT2D eigenvalue weighted by molar-refractivity contribution is 5.85. The zero-order valence-corrected chi connectivity index (χ0v) is 14.5. The third-order valence-corrected chi connectivity index (χ3v) is 5.15. The van der Waals surface area contributed by atoms with Gasteiger partial charge in [-0.3, -0.25) is 9.69 Å². The Balaban J connectivity index is 1.59. The van der Waals surface area contributed by atoms with Gasteiger partial charge in [-0.05, 0) is 38.7 Å². The van der Waals surface area contributed by atoms with Crippen molar-refractivity contribution in [3.05, 3.63) is 35.6 Å². The second kappa shape index (κ2) is 7.62. The highest BCUT2D eigenvalue weighted by atomic mass is 19.1. The largest absolute Gasteiger partial charge is 0.365 e. The molecule has 1 aromatic rings. The van der Waals surface area contributed by atoms with Gasteiger partial charge in [0, 0.05) is 44.9 Å². The van der Waals surface area contributed by atoms with Crippen LogP contribution in [0.3, 0.4) is 0 Å². The monoisotopic (exact) mass is 334 g/mol. The van der Waals surface area contributed by atoms with Gasteiger partial charge in [-0.1, -0.05) is 18.2 Å². The Labute approximate surface area is 143 Å². The van der Waals surface area contributed by atoms with E-state index in [2.05, 4.69) is 4.90 Å². The molecule has 132 valence electrons. The van der Waals surface area contributed by atoms with E-state index in [1.807, 2.05) is 24.0 Å². The predicted molar refractivity (Wildman–Crippen MR) is 91.1 cm³/mol. The first-order valence-electron chi connectivity index (χ1n) is 8.98. The summed E-state index contributed by atoms with van der Waals surface area (Å²) in [5.74, 6) is -0.0345. The van der Waals surface area contributed by atoms with Crippen molar-refractivity contribution in [3.63, 3.8) is 0 Å². The summed E-state index contributed by atoms with van der Waals surface area (Å²) in [6, 6.07) is 6.92. The van der Waals surface area contributed by atoms with Crippen molar-refractivity contribution in [2.45, 2.75) is 44.8 Å². The number of nitrogens with zero attached hydrogens (tertiary/aromatic N) is 2. The molecule has 0 bridgehead atoms. The molecule has 1 atom stereocenters. The molecule has 1 aromatic carbocycles. The quantitative estimate of drug-likeness (QED) is 0.852. The minimum Gasteiger partial charge on any atom is -0.365 e. The number of amides is 1. The molecule has 2 heterocycles.